The molecule has 1 aliphatic rings. The van der Waals surface area contributed by atoms with Crippen LogP contribution in [-0.4, -0.2) is 98.4 Å². The maximum Gasteiger partial charge on any atom is 0.510 e. The summed E-state index contributed by atoms with van der Waals surface area (Å²) >= 11 is 0. The molecule has 2 aromatic heterocycles. The number of aliphatic hydroxyl groups excluding tert-OH is 1. The number of rotatable bonds is 13. The topological polar surface area (TPSA) is 235 Å². The number of alkyl halides is 1. The van der Waals surface area contributed by atoms with Crippen molar-refractivity contribution in [2.24, 2.45) is 0 Å². The molecule has 1 fully saturated rings. The van der Waals surface area contributed by atoms with Crippen molar-refractivity contribution in [3.8, 4) is 12.3 Å². The fourth-order valence-electron chi connectivity index (χ4n) is 3.66. The van der Waals surface area contributed by atoms with Gasteiger partial charge in [0.05, 0.1) is 25.1 Å². The minimum atomic E-state index is -4.92. The SMILES string of the molecule is C#C[C@]1(O)C(n2cnc3c(N)ncnc32)O[C@](CF)(COP(=O)(OCOC(=O)OC(C)C)OCOC(=O)OC(C)C)[C@H]1O. The molecule has 0 saturated carbocycles. The number of anilines is 1. The third-order valence-corrected chi connectivity index (χ3v) is 6.93. The molecule has 43 heavy (non-hydrogen) atoms. The van der Waals surface area contributed by atoms with Crippen molar-refractivity contribution in [3.05, 3.63) is 12.7 Å². The molecule has 4 atom stereocenters. The molecule has 0 spiro atoms. The first-order valence-corrected chi connectivity index (χ1v) is 13.9. The lowest BCUT2D eigenvalue weighted by atomic mass is 9.87. The lowest BCUT2D eigenvalue weighted by Crippen LogP contribution is -2.53. The van der Waals surface area contributed by atoms with Gasteiger partial charge in [-0.05, 0) is 27.7 Å². The number of phosphoric ester groups is 1. The van der Waals surface area contributed by atoms with Gasteiger partial charge in [-0.1, -0.05) is 5.92 Å². The molecule has 3 heterocycles. The average Bonchev–Trinajstić information content (AvgIpc) is 3.45. The lowest BCUT2D eigenvalue weighted by Gasteiger charge is -2.31. The van der Waals surface area contributed by atoms with Gasteiger partial charge in [0.15, 0.2) is 28.9 Å². The summed E-state index contributed by atoms with van der Waals surface area (Å²) in [4.78, 5) is 35.2. The molecule has 1 unspecified atom stereocenters. The third-order valence-electron chi connectivity index (χ3n) is 5.64. The van der Waals surface area contributed by atoms with Crippen molar-refractivity contribution in [1.29, 1.82) is 0 Å². The van der Waals surface area contributed by atoms with Gasteiger partial charge in [0.25, 0.3) is 0 Å². The lowest BCUT2D eigenvalue weighted by molar-refractivity contribution is -0.139. The first-order chi connectivity index (χ1) is 20.2. The summed E-state index contributed by atoms with van der Waals surface area (Å²) in [5, 5.41) is 22.3. The Balaban J connectivity index is 1.83. The van der Waals surface area contributed by atoms with E-state index in [0.717, 1.165) is 17.2 Å². The molecule has 0 bridgehead atoms. The molecule has 0 amide bonds. The molecule has 20 heteroatoms. The van der Waals surface area contributed by atoms with E-state index in [4.69, 9.17) is 39.9 Å². The highest BCUT2D eigenvalue weighted by atomic mass is 31.2. The smallest absolute Gasteiger partial charge is 0.432 e. The zero-order chi connectivity index (χ0) is 32.0. The Morgan fingerprint density at radius 1 is 1.14 bits per heavy atom. The number of fused-ring (bicyclic) bond motifs is 1. The second-order valence-corrected chi connectivity index (χ2v) is 11.1. The van der Waals surface area contributed by atoms with Gasteiger partial charge in [-0.2, -0.15) is 0 Å². The van der Waals surface area contributed by atoms with Gasteiger partial charge < -0.3 is 39.6 Å². The van der Waals surface area contributed by atoms with Crippen molar-refractivity contribution < 1.29 is 66.0 Å². The van der Waals surface area contributed by atoms with Crippen LogP contribution in [0.15, 0.2) is 12.7 Å². The molecular formula is C23H31FN5O13P. The van der Waals surface area contributed by atoms with E-state index in [1.165, 1.54) is 27.7 Å². The van der Waals surface area contributed by atoms with Crippen molar-refractivity contribution >= 4 is 37.1 Å². The van der Waals surface area contributed by atoms with Crippen molar-refractivity contribution in [2.45, 2.75) is 63.4 Å². The Kier molecular flexibility index (Phi) is 10.8. The zero-order valence-corrected chi connectivity index (χ0v) is 24.3. The van der Waals surface area contributed by atoms with E-state index in [2.05, 4.69) is 24.4 Å². The Labute approximate surface area is 244 Å². The molecule has 0 aliphatic carbocycles. The number of phosphoric acid groups is 1. The van der Waals surface area contributed by atoms with Crippen molar-refractivity contribution in [2.75, 3.05) is 32.6 Å². The van der Waals surface area contributed by atoms with E-state index in [1.807, 2.05) is 5.92 Å². The second-order valence-electron chi connectivity index (χ2n) is 9.46. The second kappa shape index (κ2) is 13.8. The van der Waals surface area contributed by atoms with Gasteiger partial charge in [-0.15, -0.1) is 6.42 Å². The number of carbonyl (C=O) groups is 2. The number of halogens is 1. The highest BCUT2D eigenvalue weighted by molar-refractivity contribution is 7.48. The van der Waals surface area contributed by atoms with Crippen molar-refractivity contribution in [1.82, 2.24) is 19.5 Å². The largest absolute Gasteiger partial charge is 0.510 e. The van der Waals surface area contributed by atoms with Crippen LogP contribution in [0.2, 0.25) is 0 Å². The average molecular weight is 635 g/mol. The Bertz CT molecular complexity index is 1360. The van der Waals surface area contributed by atoms with Gasteiger partial charge in [-0.25, -0.2) is 42.5 Å². The third kappa shape index (κ3) is 7.67. The monoisotopic (exact) mass is 635 g/mol. The molecule has 3 rings (SSSR count). The highest BCUT2D eigenvalue weighted by Crippen LogP contribution is 2.53. The van der Waals surface area contributed by atoms with Crippen LogP contribution in [0.3, 0.4) is 0 Å². The molecule has 238 valence electrons. The Hall–Kier alpha value is -3.63. The fourth-order valence-corrected chi connectivity index (χ4v) is 4.62. The summed E-state index contributed by atoms with van der Waals surface area (Å²) in [5.41, 5.74) is 0.779. The molecular weight excluding hydrogens is 604 g/mol. The predicted octanol–water partition coefficient (Wildman–Crippen LogP) is 1.57. The molecule has 0 aromatic carbocycles. The van der Waals surface area contributed by atoms with Crippen LogP contribution in [0, 0.1) is 12.3 Å². The highest BCUT2D eigenvalue weighted by Gasteiger charge is 2.65. The number of terminal acetylenes is 1. The number of carbonyl (C=O) groups excluding carboxylic acids is 2. The number of aromatic nitrogens is 4. The zero-order valence-electron chi connectivity index (χ0n) is 23.4. The quantitative estimate of drug-likeness (QED) is 0.123. The summed E-state index contributed by atoms with van der Waals surface area (Å²) in [6, 6.07) is 0. The minimum Gasteiger partial charge on any atom is -0.432 e. The van der Waals surface area contributed by atoms with E-state index in [1.54, 1.807) is 0 Å². The summed E-state index contributed by atoms with van der Waals surface area (Å²) in [6.07, 6.45) is 0.255. The van der Waals surface area contributed by atoms with Gasteiger partial charge in [0.1, 0.15) is 24.6 Å². The number of nitrogen functional groups attached to an aromatic ring is 1. The summed E-state index contributed by atoms with van der Waals surface area (Å²) in [6.45, 7) is 1.32. The van der Waals surface area contributed by atoms with Crippen LogP contribution in [0.1, 0.15) is 33.9 Å². The molecule has 18 nitrogen and oxygen atoms in total. The van der Waals surface area contributed by atoms with E-state index in [0.29, 0.717) is 0 Å². The molecule has 4 N–H and O–H groups in total. The Morgan fingerprint density at radius 3 is 2.23 bits per heavy atom. The van der Waals surface area contributed by atoms with Crippen LogP contribution in [-0.2, 0) is 41.8 Å². The minimum absolute atomic E-state index is 0.0159. The summed E-state index contributed by atoms with van der Waals surface area (Å²) < 4.78 is 68.6. The van der Waals surface area contributed by atoms with E-state index < -0.39 is 82.7 Å². The summed E-state index contributed by atoms with van der Waals surface area (Å²) in [5.74, 6) is 1.95. The van der Waals surface area contributed by atoms with E-state index >= 15 is 0 Å². The summed E-state index contributed by atoms with van der Waals surface area (Å²) in [7, 11) is -4.92. The number of hydrogen-bond acceptors (Lipinski definition) is 17. The maximum absolute atomic E-state index is 14.7. The number of nitrogens with zero attached hydrogens (tertiary/aromatic N) is 4. The van der Waals surface area contributed by atoms with Gasteiger partial charge >= 0.3 is 20.1 Å². The van der Waals surface area contributed by atoms with Crippen LogP contribution in [0.4, 0.5) is 19.8 Å². The Morgan fingerprint density at radius 2 is 1.72 bits per heavy atom. The number of aliphatic hydroxyl groups is 2. The number of hydrogen-bond donors (Lipinski definition) is 3. The van der Waals surface area contributed by atoms with Gasteiger partial charge in [0.2, 0.25) is 13.6 Å². The van der Waals surface area contributed by atoms with E-state index in [9.17, 15) is 28.8 Å². The first-order valence-electron chi connectivity index (χ1n) is 12.5. The number of nitrogens with two attached hydrogens (primary N) is 1. The van der Waals surface area contributed by atoms with Crippen molar-refractivity contribution in [3.63, 3.8) is 0 Å². The van der Waals surface area contributed by atoms with E-state index in [-0.39, 0.29) is 17.0 Å². The molecule has 2 aromatic rings. The maximum atomic E-state index is 14.7. The van der Waals surface area contributed by atoms with Crippen LogP contribution in [0.25, 0.3) is 11.2 Å². The standard InChI is InChI=1S/C23H31FN5O13P/c1-6-23(33)18(30)22(7-24,42-19(23)29-10-28-15-16(25)26-9-27-17(15)29)8-37-43(34,38-11-35-20(31)40-13(2)3)39-12-36-21(32)41-14(4)5/h1,9-10,13-14,18-19,30,33H,7-8,11-12H2,2-5H3,(H2,25,26,27)/t18-,19?,22-,23-/m1/s1. The molecule has 1 saturated heterocycles. The molecule has 1 aliphatic heterocycles. The number of imidazole rings is 1. The molecule has 0 radical (unpaired) electrons. The number of ether oxygens (including phenoxy) is 5. The normalized spacial score (nSPS) is 23.8. The first kappa shape index (κ1) is 33.9. The van der Waals surface area contributed by atoms with Crippen LogP contribution < -0.4 is 5.73 Å². The van der Waals surface area contributed by atoms with Gasteiger partial charge in [0, 0.05) is 0 Å². The van der Waals surface area contributed by atoms with Gasteiger partial charge in [-0.3, -0.25) is 9.09 Å². The van der Waals surface area contributed by atoms with Crippen LogP contribution >= 0.6 is 7.82 Å². The van der Waals surface area contributed by atoms with Crippen LogP contribution in [0.5, 0.6) is 0 Å². The fraction of sp³-hybridized carbons (Fsp3) is 0.609. The predicted molar refractivity (Wildman–Crippen MR) is 139 cm³/mol.